The van der Waals surface area contributed by atoms with Gasteiger partial charge in [0.2, 0.25) is 0 Å². The van der Waals surface area contributed by atoms with E-state index in [1.807, 2.05) is 4.90 Å². The first-order valence-electron chi connectivity index (χ1n) is 5.93. The first-order valence-corrected chi connectivity index (χ1v) is 6.31. The molecular weight excluding hydrogens is 243 g/mol. The van der Waals surface area contributed by atoms with Gasteiger partial charge in [0, 0.05) is 24.7 Å². The summed E-state index contributed by atoms with van der Waals surface area (Å²) in [7, 11) is 0. The molecule has 5 heteroatoms. The van der Waals surface area contributed by atoms with Crippen LogP contribution >= 0.6 is 11.6 Å². The van der Waals surface area contributed by atoms with E-state index in [2.05, 4.69) is 4.98 Å². The maximum atomic E-state index is 13.5. The number of nitrogens with zero attached hydrogens (tertiary/aromatic N) is 2. The number of pyridine rings is 1. The highest BCUT2D eigenvalue weighted by Crippen LogP contribution is 2.36. The quantitative estimate of drug-likeness (QED) is 0.714. The Morgan fingerprint density at radius 3 is 3.18 bits per heavy atom. The van der Waals surface area contributed by atoms with Gasteiger partial charge in [-0.25, -0.2) is 9.37 Å². The van der Waals surface area contributed by atoms with E-state index in [4.69, 9.17) is 16.3 Å². The lowest BCUT2D eigenvalue weighted by molar-refractivity contribution is 0.244. The van der Waals surface area contributed by atoms with Crippen LogP contribution in [0.15, 0.2) is 12.3 Å². The molecule has 2 aliphatic rings. The van der Waals surface area contributed by atoms with Crippen LogP contribution in [0.25, 0.3) is 0 Å². The highest BCUT2D eigenvalue weighted by atomic mass is 35.5. The fourth-order valence-corrected chi connectivity index (χ4v) is 2.73. The van der Waals surface area contributed by atoms with Crippen LogP contribution in [0.2, 0.25) is 5.02 Å². The van der Waals surface area contributed by atoms with Gasteiger partial charge in [-0.05, 0) is 12.8 Å². The molecule has 0 spiro atoms. The third-order valence-corrected chi connectivity index (χ3v) is 3.64. The Balaban J connectivity index is 1.99. The Morgan fingerprint density at radius 1 is 1.41 bits per heavy atom. The molecule has 17 heavy (non-hydrogen) atoms. The summed E-state index contributed by atoms with van der Waals surface area (Å²) in [5.74, 6) is 1.41. The molecule has 1 aromatic heterocycles. The van der Waals surface area contributed by atoms with E-state index < -0.39 is 6.17 Å². The van der Waals surface area contributed by atoms with E-state index in [0.29, 0.717) is 36.4 Å². The Kier molecular flexibility index (Phi) is 2.82. The molecule has 0 saturated carbocycles. The van der Waals surface area contributed by atoms with Crippen molar-refractivity contribution in [2.75, 3.05) is 18.1 Å². The van der Waals surface area contributed by atoms with Gasteiger partial charge in [-0.2, -0.15) is 0 Å². The van der Waals surface area contributed by atoms with Crippen LogP contribution in [0.3, 0.4) is 0 Å². The molecule has 1 fully saturated rings. The van der Waals surface area contributed by atoms with E-state index in [1.165, 1.54) is 0 Å². The van der Waals surface area contributed by atoms with Crippen LogP contribution in [0.4, 0.5) is 10.2 Å². The Labute approximate surface area is 105 Å². The largest absolute Gasteiger partial charge is 0.490 e. The molecule has 1 aromatic rings. The number of anilines is 1. The Hall–Kier alpha value is -1.03. The van der Waals surface area contributed by atoms with Crippen molar-refractivity contribution in [3.63, 3.8) is 0 Å². The highest BCUT2D eigenvalue weighted by molar-refractivity contribution is 6.30. The van der Waals surface area contributed by atoms with E-state index in [0.717, 1.165) is 18.7 Å². The molecule has 3 rings (SSSR count). The summed E-state index contributed by atoms with van der Waals surface area (Å²) < 4.78 is 19.2. The van der Waals surface area contributed by atoms with Crippen LogP contribution in [0.5, 0.6) is 5.75 Å². The highest BCUT2D eigenvalue weighted by Gasteiger charge is 2.32. The molecule has 3 heterocycles. The van der Waals surface area contributed by atoms with Crippen LogP contribution < -0.4 is 9.64 Å². The predicted molar refractivity (Wildman–Crippen MR) is 64.6 cm³/mol. The zero-order valence-electron chi connectivity index (χ0n) is 9.40. The molecule has 1 saturated heterocycles. The molecular formula is C12H14ClFN2O. The number of hydrogen-bond acceptors (Lipinski definition) is 3. The van der Waals surface area contributed by atoms with Crippen molar-refractivity contribution in [1.29, 1.82) is 0 Å². The van der Waals surface area contributed by atoms with Gasteiger partial charge >= 0.3 is 0 Å². The van der Waals surface area contributed by atoms with E-state index >= 15 is 0 Å². The first kappa shape index (κ1) is 11.1. The maximum Gasteiger partial charge on any atom is 0.171 e. The molecule has 0 radical (unpaired) electrons. The van der Waals surface area contributed by atoms with Gasteiger partial charge in [-0.1, -0.05) is 11.6 Å². The fourth-order valence-electron chi connectivity index (χ4n) is 2.58. The summed E-state index contributed by atoms with van der Waals surface area (Å²) >= 11 is 5.90. The number of fused-ring (bicyclic) bond motifs is 3. The van der Waals surface area contributed by atoms with Crippen LogP contribution in [0, 0.1) is 0 Å². The summed E-state index contributed by atoms with van der Waals surface area (Å²) in [6.07, 6.45) is 3.25. The number of halogens is 2. The standard InChI is InChI=1S/C12H14ClFN2O/c13-8-5-11-12(15-6-8)16-7-9(14)1-2-10(16)3-4-17-11/h5-6,9-10H,1-4,7H2. The van der Waals surface area contributed by atoms with Gasteiger partial charge < -0.3 is 9.64 Å². The summed E-state index contributed by atoms with van der Waals surface area (Å²) in [5.41, 5.74) is 0. The Bertz CT molecular complexity index is 429. The number of piperidine rings is 1. The van der Waals surface area contributed by atoms with Crippen molar-refractivity contribution in [3.05, 3.63) is 17.3 Å². The second-order valence-corrected chi connectivity index (χ2v) is 5.03. The lowest BCUT2D eigenvalue weighted by Crippen LogP contribution is -2.44. The predicted octanol–water partition coefficient (Wildman–Crippen LogP) is 2.82. The van der Waals surface area contributed by atoms with Crippen molar-refractivity contribution in [1.82, 2.24) is 4.98 Å². The van der Waals surface area contributed by atoms with E-state index in [9.17, 15) is 4.39 Å². The van der Waals surface area contributed by atoms with Gasteiger partial charge in [-0.15, -0.1) is 0 Å². The minimum absolute atomic E-state index is 0.344. The summed E-state index contributed by atoms with van der Waals surface area (Å²) in [6.45, 7) is 1.06. The van der Waals surface area contributed by atoms with Crippen molar-refractivity contribution < 1.29 is 9.13 Å². The molecule has 3 nitrogen and oxygen atoms in total. The zero-order valence-corrected chi connectivity index (χ0v) is 10.2. The monoisotopic (exact) mass is 256 g/mol. The number of aromatic nitrogens is 1. The van der Waals surface area contributed by atoms with E-state index in [1.54, 1.807) is 12.3 Å². The van der Waals surface area contributed by atoms with Gasteiger partial charge in [0.25, 0.3) is 0 Å². The molecule has 0 amide bonds. The number of hydrogen-bond donors (Lipinski definition) is 0. The van der Waals surface area contributed by atoms with Gasteiger partial charge in [0.05, 0.1) is 18.2 Å². The SMILES string of the molecule is FC1CCC2CCOc3cc(Cl)cnc3N2C1. The van der Waals surface area contributed by atoms with Crippen molar-refractivity contribution in [2.45, 2.75) is 31.5 Å². The second kappa shape index (κ2) is 4.33. The van der Waals surface area contributed by atoms with Gasteiger partial charge in [0.15, 0.2) is 11.6 Å². The van der Waals surface area contributed by atoms with Crippen molar-refractivity contribution >= 4 is 17.4 Å². The first-order chi connectivity index (χ1) is 8.24. The fraction of sp³-hybridized carbons (Fsp3) is 0.583. The third-order valence-electron chi connectivity index (χ3n) is 3.43. The minimum atomic E-state index is -0.769. The normalized spacial score (nSPS) is 27.8. The minimum Gasteiger partial charge on any atom is -0.490 e. The average Bonchev–Trinajstić information content (AvgIpc) is 2.47. The molecule has 92 valence electrons. The molecule has 0 N–H and O–H groups in total. The molecule has 0 bridgehead atoms. The summed E-state index contributed by atoms with van der Waals surface area (Å²) in [5, 5.41) is 0.552. The number of ether oxygens (including phenoxy) is 1. The smallest absolute Gasteiger partial charge is 0.171 e. The van der Waals surface area contributed by atoms with Crippen LogP contribution in [-0.2, 0) is 0 Å². The molecule has 2 atom stereocenters. The molecule has 0 aromatic carbocycles. The zero-order chi connectivity index (χ0) is 11.8. The van der Waals surface area contributed by atoms with Gasteiger partial charge in [-0.3, -0.25) is 0 Å². The van der Waals surface area contributed by atoms with E-state index in [-0.39, 0.29) is 0 Å². The lowest BCUT2D eigenvalue weighted by Gasteiger charge is -2.36. The van der Waals surface area contributed by atoms with Crippen molar-refractivity contribution in [3.8, 4) is 5.75 Å². The topological polar surface area (TPSA) is 25.4 Å². The van der Waals surface area contributed by atoms with Crippen LogP contribution in [-0.4, -0.2) is 30.3 Å². The second-order valence-electron chi connectivity index (χ2n) is 4.59. The maximum absolute atomic E-state index is 13.5. The Morgan fingerprint density at radius 2 is 2.29 bits per heavy atom. The molecule has 2 aliphatic heterocycles. The lowest BCUT2D eigenvalue weighted by atomic mass is 9.99. The van der Waals surface area contributed by atoms with Crippen LogP contribution in [0.1, 0.15) is 19.3 Å². The summed E-state index contributed by atoms with van der Waals surface area (Å²) in [6, 6.07) is 2.10. The number of rotatable bonds is 0. The van der Waals surface area contributed by atoms with Gasteiger partial charge in [0.1, 0.15) is 6.17 Å². The number of alkyl halides is 1. The molecule has 0 aliphatic carbocycles. The molecule has 2 unspecified atom stereocenters. The average molecular weight is 257 g/mol. The van der Waals surface area contributed by atoms with Crippen molar-refractivity contribution in [2.24, 2.45) is 0 Å². The third kappa shape index (κ3) is 2.06. The summed E-state index contributed by atoms with van der Waals surface area (Å²) in [4.78, 5) is 6.33.